The molecule has 0 fully saturated rings. The van der Waals surface area contributed by atoms with Gasteiger partial charge in [0.05, 0.1) is 24.2 Å². The topological polar surface area (TPSA) is 73.9 Å². The molecule has 136 valence electrons. The van der Waals surface area contributed by atoms with Crippen LogP contribution < -0.4 is 10.5 Å². The second-order valence-corrected chi connectivity index (χ2v) is 7.08. The van der Waals surface area contributed by atoms with Gasteiger partial charge < -0.3 is 10.5 Å². The molecule has 0 aliphatic heterocycles. The Bertz CT molecular complexity index is 716. The lowest BCUT2D eigenvalue weighted by Gasteiger charge is -2.23. The molecule has 2 heterocycles. The van der Waals surface area contributed by atoms with Crippen LogP contribution in [0.3, 0.4) is 0 Å². The van der Waals surface area contributed by atoms with E-state index in [2.05, 4.69) is 15.2 Å². The molecule has 0 aliphatic rings. The molecule has 5 nitrogen and oxygen atoms in total. The van der Waals surface area contributed by atoms with Crippen molar-refractivity contribution in [2.45, 2.75) is 46.1 Å². The Morgan fingerprint density at radius 3 is 2.60 bits per heavy atom. The lowest BCUT2D eigenvalue weighted by Crippen LogP contribution is -2.35. The van der Waals surface area contributed by atoms with E-state index in [1.165, 1.54) is 12.3 Å². The Morgan fingerprint density at radius 2 is 2.00 bits per heavy atom. The van der Waals surface area contributed by atoms with Crippen molar-refractivity contribution < 1.29 is 13.5 Å². The standard InChI is InChI=1S/C18H24F2N4O/c1-11(8-18(3,4)21)10-25-15-6-5-14(23-16(15)17(19)20)13-7-12(2)24-22-9-13/h5-7,9,11,17H,8,10,21H2,1-4H3. The maximum Gasteiger partial charge on any atom is 0.284 e. The van der Waals surface area contributed by atoms with Crippen molar-refractivity contribution in [3.05, 3.63) is 35.8 Å². The molecule has 2 rings (SSSR count). The number of nitrogens with two attached hydrogens (primary N) is 1. The molecular weight excluding hydrogens is 326 g/mol. The molecule has 0 bridgehead atoms. The molecule has 0 amide bonds. The molecule has 0 aliphatic carbocycles. The lowest BCUT2D eigenvalue weighted by atomic mass is 9.93. The highest BCUT2D eigenvalue weighted by atomic mass is 19.3. The molecule has 2 aromatic rings. The highest BCUT2D eigenvalue weighted by Crippen LogP contribution is 2.31. The molecule has 2 N–H and O–H groups in total. The number of rotatable bonds is 7. The Balaban J connectivity index is 2.19. The van der Waals surface area contributed by atoms with E-state index < -0.39 is 6.43 Å². The highest BCUT2D eigenvalue weighted by molar-refractivity contribution is 5.59. The molecule has 0 aromatic carbocycles. The number of hydrogen-bond acceptors (Lipinski definition) is 5. The van der Waals surface area contributed by atoms with E-state index in [1.54, 1.807) is 19.1 Å². The smallest absolute Gasteiger partial charge is 0.284 e. The number of hydrogen-bond donors (Lipinski definition) is 1. The maximum absolute atomic E-state index is 13.4. The van der Waals surface area contributed by atoms with Gasteiger partial charge in [-0.1, -0.05) is 6.92 Å². The van der Waals surface area contributed by atoms with Crippen LogP contribution in [-0.4, -0.2) is 27.3 Å². The first kappa shape index (κ1) is 19.2. The van der Waals surface area contributed by atoms with E-state index in [-0.39, 0.29) is 22.9 Å². The minimum absolute atomic E-state index is 0.0964. The largest absolute Gasteiger partial charge is 0.491 e. The van der Waals surface area contributed by atoms with Gasteiger partial charge in [0.25, 0.3) is 6.43 Å². The van der Waals surface area contributed by atoms with Crippen LogP contribution in [0.1, 0.15) is 45.0 Å². The van der Waals surface area contributed by atoms with Gasteiger partial charge in [0.1, 0.15) is 11.4 Å². The zero-order chi connectivity index (χ0) is 18.6. The fourth-order valence-corrected chi connectivity index (χ4v) is 2.70. The van der Waals surface area contributed by atoms with Gasteiger partial charge in [-0.2, -0.15) is 10.2 Å². The molecular formula is C18H24F2N4O. The molecule has 0 saturated carbocycles. The molecule has 0 radical (unpaired) electrons. The van der Waals surface area contributed by atoms with Gasteiger partial charge >= 0.3 is 0 Å². The fraction of sp³-hybridized carbons (Fsp3) is 0.500. The van der Waals surface area contributed by atoms with Crippen LogP contribution in [0.15, 0.2) is 24.4 Å². The van der Waals surface area contributed by atoms with E-state index >= 15 is 0 Å². The van der Waals surface area contributed by atoms with Crippen molar-refractivity contribution in [2.75, 3.05) is 6.61 Å². The van der Waals surface area contributed by atoms with Crippen molar-refractivity contribution >= 4 is 0 Å². The number of aromatic nitrogens is 3. The normalized spacial score (nSPS) is 13.1. The molecule has 1 unspecified atom stereocenters. The zero-order valence-corrected chi connectivity index (χ0v) is 15.0. The van der Waals surface area contributed by atoms with Gasteiger partial charge in [-0.25, -0.2) is 13.8 Å². The van der Waals surface area contributed by atoms with E-state index in [9.17, 15) is 8.78 Å². The van der Waals surface area contributed by atoms with E-state index in [1.807, 2.05) is 20.8 Å². The summed E-state index contributed by atoms with van der Waals surface area (Å²) < 4.78 is 32.4. The second kappa shape index (κ2) is 7.82. The predicted molar refractivity (Wildman–Crippen MR) is 92.5 cm³/mol. The van der Waals surface area contributed by atoms with Crippen molar-refractivity contribution in [1.82, 2.24) is 15.2 Å². The second-order valence-electron chi connectivity index (χ2n) is 7.08. The van der Waals surface area contributed by atoms with E-state index in [0.717, 1.165) is 6.42 Å². The Hall–Kier alpha value is -2.15. The number of nitrogens with zero attached hydrogens (tertiary/aromatic N) is 3. The van der Waals surface area contributed by atoms with Crippen LogP contribution in [0.4, 0.5) is 8.78 Å². The Kier molecular flexibility index (Phi) is 6.00. The average Bonchev–Trinajstić information content (AvgIpc) is 2.51. The maximum atomic E-state index is 13.4. The van der Waals surface area contributed by atoms with Gasteiger partial charge in [-0.05, 0) is 51.3 Å². The monoisotopic (exact) mass is 350 g/mol. The first-order valence-corrected chi connectivity index (χ1v) is 8.16. The van der Waals surface area contributed by atoms with Crippen LogP contribution in [0.2, 0.25) is 0 Å². The number of pyridine rings is 1. The molecule has 0 saturated heterocycles. The van der Waals surface area contributed by atoms with Gasteiger partial charge in [0.2, 0.25) is 0 Å². The quantitative estimate of drug-likeness (QED) is 0.819. The van der Waals surface area contributed by atoms with Crippen molar-refractivity contribution in [3.63, 3.8) is 0 Å². The summed E-state index contributed by atoms with van der Waals surface area (Å²) in [7, 11) is 0. The SMILES string of the molecule is Cc1cc(-c2ccc(OCC(C)CC(C)(C)N)c(C(F)F)n2)cnn1. The van der Waals surface area contributed by atoms with Crippen LogP contribution in [0, 0.1) is 12.8 Å². The highest BCUT2D eigenvalue weighted by Gasteiger charge is 2.20. The van der Waals surface area contributed by atoms with Crippen LogP contribution in [-0.2, 0) is 0 Å². The zero-order valence-electron chi connectivity index (χ0n) is 15.0. The third-order valence-electron chi connectivity index (χ3n) is 3.56. The predicted octanol–water partition coefficient (Wildman–Crippen LogP) is 3.93. The van der Waals surface area contributed by atoms with E-state index in [0.29, 0.717) is 23.6 Å². The average molecular weight is 350 g/mol. The van der Waals surface area contributed by atoms with Crippen molar-refractivity contribution in [2.24, 2.45) is 11.7 Å². The molecule has 2 aromatic heterocycles. The van der Waals surface area contributed by atoms with Crippen LogP contribution in [0.5, 0.6) is 5.75 Å². The van der Waals surface area contributed by atoms with Crippen LogP contribution in [0.25, 0.3) is 11.3 Å². The van der Waals surface area contributed by atoms with Crippen molar-refractivity contribution in [1.29, 1.82) is 0 Å². The number of alkyl halides is 2. The van der Waals surface area contributed by atoms with Gasteiger partial charge in [0, 0.05) is 11.1 Å². The minimum atomic E-state index is -2.73. The summed E-state index contributed by atoms with van der Waals surface area (Å²) in [4.78, 5) is 4.07. The molecule has 7 heteroatoms. The fourth-order valence-electron chi connectivity index (χ4n) is 2.70. The van der Waals surface area contributed by atoms with Crippen molar-refractivity contribution in [3.8, 4) is 17.0 Å². The first-order chi connectivity index (χ1) is 11.7. The Morgan fingerprint density at radius 1 is 1.28 bits per heavy atom. The first-order valence-electron chi connectivity index (χ1n) is 8.16. The minimum Gasteiger partial charge on any atom is -0.491 e. The third-order valence-corrected chi connectivity index (χ3v) is 3.56. The summed E-state index contributed by atoms with van der Waals surface area (Å²) >= 11 is 0. The molecule has 25 heavy (non-hydrogen) atoms. The summed E-state index contributed by atoms with van der Waals surface area (Å²) in [5.41, 5.74) is 7.02. The van der Waals surface area contributed by atoms with Gasteiger partial charge in [-0.3, -0.25) is 0 Å². The summed E-state index contributed by atoms with van der Waals surface area (Å²) in [6.07, 6.45) is -0.506. The summed E-state index contributed by atoms with van der Waals surface area (Å²) in [5, 5.41) is 7.69. The van der Waals surface area contributed by atoms with E-state index in [4.69, 9.17) is 10.5 Å². The number of aryl methyl sites for hydroxylation is 1. The molecule has 1 atom stereocenters. The lowest BCUT2D eigenvalue weighted by molar-refractivity contribution is 0.136. The van der Waals surface area contributed by atoms with Gasteiger partial charge in [-0.15, -0.1) is 0 Å². The third kappa shape index (κ3) is 5.70. The summed E-state index contributed by atoms with van der Waals surface area (Å²) in [6.45, 7) is 7.91. The molecule has 0 spiro atoms. The summed E-state index contributed by atoms with van der Waals surface area (Å²) in [5.74, 6) is 0.233. The Labute approximate surface area is 146 Å². The van der Waals surface area contributed by atoms with Crippen LogP contribution >= 0.6 is 0 Å². The van der Waals surface area contributed by atoms with Gasteiger partial charge in [0.15, 0.2) is 0 Å². The summed E-state index contributed by atoms with van der Waals surface area (Å²) in [6, 6.07) is 4.92. The number of ether oxygens (including phenoxy) is 1. The number of halogens is 2.